The number of carbonyl (C=O) groups is 1. The van der Waals surface area contributed by atoms with Crippen molar-refractivity contribution in [1.29, 1.82) is 0 Å². The first kappa shape index (κ1) is 29.2. The van der Waals surface area contributed by atoms with Gasteiger partial charge in [-0.05, 0) is 104 Å². The van der Waals surface area contributed by atoms with Crippen LogP contribution in [0.1, 0.15) is 145 Å². The first-order valence-electron chi connectivity index (χ1n) is 16.5. The molecule has 4 rings (SSSR count). The minimum atomic E-state index is 0.0757. The molecule has 0 aromatic rings. The minimum Gasteiger partial charge on any atom is -0.462 e. The zero-order chi connectivity index (χ0) is 26.8. The van der Waals surface area contributed by atoms with E-state index in [1.165, 1.54) is 57.8 Å². The first-order valence-corrected chi connectivity index (χ1v) is 16.5. The lowest BCUT2D eigenvalue weighted by molar-refractivity contribution is -0.157. The maximum atomic E-state index is 12.9. The van der Waals surface area contributed by atoms with Crippen LogP contribution in [0, 0.1) is 52.3 Å². The van der Waals surface area contributed by atoms with Gasteiger partial charge in [0.2, 0.25) is 0 Å². The number of fused-ring (bicyclic) bond motifs is 5. The number of hydrogen-bond acceptors (Lipinski definition) is 2. The predicted octanol–water partition coefficient (Wildman–Crippen LogP) is 10.2. The third kappa shape index (κ3) is 5.89. The van der Waals surface area contributed by atoms with E-state index in [9.17, 15) is 4.79 Å². The second-order valence-electron chi connectivity index (χ2n) is 14.8. The molecule has 0 unspecified atom stereocenters. The van der Waals surface area contributed by atoms with Crippen molar-refractivity contribution in [2.75, 3.05) is 0 Å². The fourth-order valence-corrected chi connectivity index (χ4v) is 9.95. The average Bonchev–Trinajstić information content (AvgIpc) is 3.21. The predicted molar refractivity (Wildman–Crippen MR) is 156 cm³/mol. The number of unbranched alkanes of at least 4 members (excludes halogenated alkanes) is 1. The fraction of sp³-hybridized carbons (Fsp3) is 0.914. The molecule has 2 nitrogen and oxygen atoms in total. The van der Waals surface area contributed by atoms with Crippen molar-refractivity contribution in [3.8, 4) is 0 Å². The summed E-state index contributed by atoms with van der Waals surface area (Å²) in [5.74, 6) is 5.44. The summed E-state index contributed by atoms with van der Waals surface area (Å²) in [7, 11) is 0. The molecule has 3 saturated carbocycles. The van der Waals surface area contributed by atoms with E-state index < -0.39 is 0 Å². The lowest BCUT2D eigenvalue weighted by Crippen LogP contribution is -2.51. The van der Waals surface area contributed by atoms with Gasteiger partial charge < -0.3 is 4.74 Å². The Labute approximate surface area is 230 Å². The molecule has 37 heavy (non-hydrogen) atoms. The van der Waals surface area contributed by atoms with Gasteiger partial charge in [-0.15, -0.1) is 0 Å². The molecule has 0 aromatic heterocycles. The molecule has 2 heteroatoms. The fourth-order valence-electron chi connectivity index (χ4n) is 9.95. The molecule has 0 radical (unpaired) electrons. The highest BCUT2D eigenvalue weighted by Crippen LogP contribution is 2.67. The molecule has 0 spiro atoms. The zero-order valence-corrected chi connectivity index (χ0v) is 25.6. The third-order valence-electron chi connectivity index (χ3n) is 12.3. The molecule has 0 N–H and O–H groups in total. The van der Waals surface area contributed by atoms with Gasteiger partial charge in [0.15, 0.2) is 0 Å². The van der Waals surface area contributed by atoms with E-state index in [-0.39, 0.29) is 18.0 Å². The van der Waals surface area contributed by atoms with Crippen LogP contribution in [0.15, 0.2) is 11.6 Å². The van der Waals surface area contributed by atoms with Crippen LogP contribution >= 0.6 is 0 Å². The van der Waals surface area contributed by atoms with Crippen molar-refractivity contribution < 1.29 is 9.53 Å². The molecular formula is C35H60O2. The van der Waals surface area contributed by atoms with Crippen molar-refractivity contribution in [3.63, 3.8) is 0 Å². The average molecular weight is 513 g/mol. The first-order chi connectivity index (χ1) is 17.6. The van der Waals surface area contributed by atoms with Crippen molar-refractivity contribution in [1.82, 2.24) is 0 Å². The highest BCUT2D eigenvalue weighted by Gasteiger charge is 2.59. The van der Waals surface area contributed by atoms with Gasteiger partial charge in [0.05, 0.1) is 5.92 Å². The summed E-state index contributed by atoms with van der Waals surface area (Å²) < 4.78 is 6.16. The van der Waals surface area contributed by atoms with E-state index in [2.05, 4.69) is 54.5 Å². The van der Waals surface area contributed by atoms with Crippen molar-refractivity contribution >= 4 is 5.97 Å². The summed E-state index contributed by atoms with van der Waals surface area (Å²) in [6.07, 6.45) is 21.5. The number of ether oxygens (including phenoxy) is 1. The molecule has 4 aliphatic carbocycles. The van der Waals surface area contributed by atoms with Gasteiger partial charge in [-0.1, -0.05) is 92.2 Å². The van der Waals surface area contributed by atoms with Gasteiger partial charge in [-0.25, -0.2) is 0 Å². The van der Waals surface area contributed by atoms with Gasteiger partial charge in [0.25, 0.3) is 0 Å². The number of rotatable bonds is 11. The summed E-state index contributed by atoms with van der Waals surface area (Å²) in [5, 5.41) is 0. The van der Waals surface area contributed by atoms with E-state index in [4.69, 9.17) is 4.74 Å². The summed E-state index contributed by atoms with van der Waals surface area (Å²) in [6, 6.07) is 0. The largest absolute Gasteiger partial charge is 0.462 e. The van der Waals surface area contributed by atoms with Gasteiger partial charge in [-0.2, -0.15) is 0 Å². The molecule has 4 aliphatic rings. The van der Waals surface area contributed by atoms with Gasteiger partial charge in [-0.3, -0.25) is 4.79 Å². The molecule has 0 aliphatic heterocycles. The Bertz CT molecular complexity index is 797. The standard InChI is InChI=1S/C35H60O2/c1-8-10-14-26(9-2)33(36)37-28-19-21-34(6)27(23-28)15-16-29-31-18-17-30(25(5)13-11-12-24(3)4)35(31,7)22-20-32(29)34/h15,24-26,28-32H,8-14,16-23H2,1-7H3/t25-,26-,28+,29+,30-,31+,32+,34+,35-/m1/s1. The zero-order valence-electron chi connectivity index (χ0n) is 25.6. The molecule has 9 atom stereocenters. The van der Waals surface area contributed by atoms with Crippen LogP contribution in [-0.2, 0) is 9.53 Å². The van der Waals surface area contributed by atoms with E-state index in [1.54, 1.807) is 5.57 Å². The molecular weight excluding hydrogens is 452 g/mol. The smallest absolute Gasteiger partial charge is 0.309 e. The Hall–Kier alpha value is -0.790. The Morgan fingerprint density at radius 3 is 2.46 bits per heavy atom. The van der Waals surface area contributed by atoms with Crippen LogP contribution < -0.4 is 0 Å². The quantitative estimate of drug-likeness (QED) is 0.203. The van der Waals surface area contributed by atoms with E-state index in [0.29, 0.717) is 10.8 Å². The van der Waals surface area contributed by atoms with Crippen molar-refractivity contribution in [3.05, 3.63) is 11.6 Å². The monoisotopic (exact) mass is 512 g/mol. The Morgan fingerprint density at radius 1 is 0.973 bits per heavy atom. The highest BCUT2D eigenvalue weighted by atomic mass is 16.5. The minimum absolute atomic E-state index is 0.0757. The lowest BCUT2D eigenvalue weighted by Gasteiger charge is -2.58. The number of allylic oxidation sites excluding steroid dienone is 1. The molecule has 0 heterocycles. The van der Waals surface area contributed by atoms with Crippen LogP contribution in [0.5, 0.6) is 0 Å². The van der Waals surface area contributed by atoms with E-state index in [1.807, 2.05) is 0 Å². The SMILES string of the molecule is CCCC[C@@H](CC)C(=O)O[C@H]1CC[C@@]2(C)C(=CC[C@H]3[C@@H]4CC[C@H]([C@H](C)CCCC(C)C)[C@@]4(C)CC[C@@H]32)C1. The molecule has 0 saturated heterocycles. The maximum absolute atomic E-state index is 12.9. The Morgan fingerprint density at radius 2 is 1.76 bits per heavy atom. The Balaban J connectivity index is 1.40. The van der Waals surface area contributed by atoms with Crippen LogP contribution in [0.2, 0.25) is 0 Å². The van der Waals surface area contributed by atoms with Crippen LogP contribution in [-0.4, -0.2) is 12.1 Å². The summed E-state index contributed by atoms with van der Waals surface area (Å²) in [4.78, 5) is 12.9. The normalized spacial score (nSPS) is 38.8. The topological polar surface area (TPSA) is 26.3 Å². The van der Waals surface area contributed by atoms with Crippen LogP contribution in [0.3, 0.4) is 0 Å². The second-order valence-corrected chi connectivity index (χ2v) is 14.8. The highest BCUT2D eigenvalue weighted by molar-refractivity contribution is 5.72. The molecule has 0 aromatic carbocycles. The number of carbonyl (C=O) groups excluding carboxylic acids is 1. The molecule has 3 fully saturated rings. The Kier molecular flexibility index (Phi) is 9.60. The van der Waals surface area contributed by atoms with E-state index in [0.717, 1.165) is 74.0 Å². The maximum Gasteiger partial charge on any atom is 0.309 e. The molecule has 0 bridgehead atoms. The van der Waals surface area contributed by atoms with Gasteiger partial charge >= 0.3 is 5.97 Å². The van der Waals surface area contributed by atoms with E-state index >= 15 is 0 Å². The van der Waals surface area contributed by atoms with Gasteiger partial charge in [0.1, 0.15) is 6.10 Å². The van der Waals surface area contributed by atoms with Crippen molar-refractivity contribution in [2.45, 2.75) is 151 Å². The number of hydrogen-bond donors (Lipinski definition) is 0. The van der Waals surface area contributed by atoms with Crippen LogP contribution in [0.25, 0.3) is 0 Å². The van der Waals surface area contributed by atoms with Gasteiger partial charge in [0, 0.05) is 6.42 Å². The molecule has 212 valence electrons. The summed E-state index contributed by atoms with van der Waals surface area (Å²) in [6.45, 7) is 17.0. The summed E-state index contributed by atoms with van der Waals surface area (Å²) >= 11 is 0. The lowest BCUT2D eigenvalue weighted by atomic mass is 9.47. The third-order valence-corrected chi connectivity index (χ3v) is 12.3. The molecule has 0 amide bonds. The second kappa shape index (κ2) is 12.2. The van der Waals surface area contributed by atoms with Crippen LogP contribution in [0.4, 0.5) is 0 Å². The summed E-state index contributed by atoms with van der Waals surface area (Å²) in [5.41, 5.74) is 2.53. The van der Waals surface area contributed by atoms with Crippen molar-refractivity contribution in [2.24, 2.45) is 52.3 Å². The number of esters is 1.